The van der Waals surface area contributed by atoms with Crippen molar-refractivity contribution < 1.29 is 9.47 Å². The Morgan fingerprint density at radius 1 is 1.15 bits per heavy atom. The molecular formula is C15H17ClN2O2. The van der Waals surface area contributed by atoms with Crippen molar-refractivity contribution in [1.29, 1.82) is 0 Å². The molecule has 1 heterocycles. The van der Waals surface area contributed by atoms with E-state index in [1.807, 2.05) is 25.2 Å². The van der Waals surface area contributed by atoms with Crippen molar-refractivity contribution in [3.05, 3.63) is 52.8 Å². The Hall–Kier alpha value is -1.78. The van der Waals surface area contributed by atoms with E-state index in [9.17, 15) is 0 Å². The number of hydrogen-bond acceptors (Lipinski definition) is 4. The molecule has 106 valence electrons. The summed E-state index contributed by atoms with van der Waals surface area (Å²) in [4.78, 5) is 4.19. The molecule has 4 nitrogen and oxygen atoms in total. The highest BCUT2D eigenvalue weighted by Gasteiger charge is 2.17. The Morgan fingerprint density at radius 2 is 1.95 bits per heavy atom. The minimum Gasteiger partial charge on any atom is -0.496 e. The summed E-state index contributed by atoms with van der Waals surface area (Å²) >= 11 is 6.00. The monoisotopic (exact) mass is 292 g/mol. The number of rotatable bonds is 5. The topological polar surface area (TPSA) is 43.4 Å². The van der Waals surface area contributed by atoms with Crippen LogP contribution in [0.2, 0.25) is 5.02 Å². The van der Waals surface area contributed by atoms with Gasteiger partial charge < -0.3 is 14.8 Å². The number of halogens is 1. The van der Waals surface area contributed by atoms with Crippen molar-refractivity contribution in [3.8, 4) is 11.5 Å². The summed E-state index contributed by atoms with van der Waals surface area (Å²) in [5, 5.41) is 3.90. The van der Waals surface area contributed by atoms with Crippen LogP contribution >= 0.6 is 11.6 Å². The van der Waals surface area contributed by atoms with Crippen LogP contribution in [0.5, 0.6) is 11.5 Å². The third-order valence-corrected chi connectivity index (χ3v) is 3.33. The Bertz CT molecular complexity index is 590. The van der Waals surface area contributed by atoms with Gasteiger partial charge in [0.15, 0.2) is 0 Å². The number of pyridine rings is 1. The Kier molecular flexibility index (Phi) is 4.82. The number of nitrogens with zero attached hydrogens (tertiary/aromatic N) is 1. The quantitative estimate of drug-likeness (QED) is 0.920. The zero-order valence-electron chi connectivity index (χ0n) is 11.7. The molecule has 0 aliphatic carbocycles. The largest absolute Gasteiger partial charge is 0.496 e. The highest BCUT2D eigenvalue weighted by atomic mass is 35.5. The first-order valence-corrected chi connectivity index (χ1v) is 6.57. The highest BCUT2D eigenvalue weighted by molar-refractivity contribution is 6.30. The molecule has 0 fully saturated rings. The summed E-state index contributed by atoms with van der Waals surface area (Å²) in [6.45, 7) is 0. The van der Waals surface area contributed by atoms with Crippen LogP contribution in [0.4, 0.5) is 0 Å². The maximum Gasteiger partial charge on any atom is 0.137 e. The molecule has 5 heteroatoms. The molecule has 0 radical (unpaired) electrons. The standard InChI is InChI=1S/C15H17ClN2O2/c1-17-15(10-6-12(19-2)9-18-8-10)13-5-4-11(16)7-14(13)20-3/h4-9,15,17H,1-3H3. The normalized spacial score (nSPS) is 12.0. The first kappa shape index (κ1) is 14.6. The van der Waals surface area contributed by atoms with Gasteiger partial charge in [0.25, 0.3) is 0 Å². The maximum absolute atomic E-state index is 6.00. The van der Waals surface area contributed by atoms with Gasteiger partial charge in [0.2, 0.25) is 0 Å². The Labute approximate surface area is 123 Å². The summed E-state index contributed by atoms with van der Waals surface area (Å²) in [6, 6.07) is 7.49. The lowest BCUT2D eigenvalue weighted by atomic mass is 9.99. The summed E-state index contributed by atoms with van der Waals surface area (Å²) in [6.07, 6.45) is 3.48. The van der Waals surface area contributed by atoms with Crippen molar-refractivity contribution in [2.24, 2.45) is 0 Å². The van der Waals surface area contributed by atoms with Crippen LogP contribution in [0, 0.1) is 0 Å². The average molecular weight is 293 g/mol. The first-order valence-electron chi connectivity index (χ1n) is 6.19. The highest BCUT2D eigenvalue weighted by Crippen LogP contribution is 2.32. The average Bonchev–Trinajstić information content (AvgIpc) is 2.49. The van der Waals surface area contributed by atoms with Gasteiger partial charge in [-0.3, -0.25) is 4.98 Å². The van der Waals surface area contributed by atoms with Crippen LogP contribution in [0.25, 0.3) is 0 Å². The van der Waals surface area contributed by atoms with Crippen molar-refractivity contribution in [1.82, 2.24) is 10.3 Å². The molecule has 1 unspecified atom stereocenters. The zero-order valence-corrected chi connectivity index (χ0v) is 12.4. The number of ether oxygens (including phenoxy) is 2. The number of hydrogen-bond donors (Lipinski definition) is 1. The molecule has 1 aromatic carbocycles. The molecule has 2 rings (SSSR count). The molecule has 0 spiro atoms. The number of nitrogens with one attached hydrogen (secondary N) is 1. The van der Waals surface area contributed by atoms with Crippen LogP contribution < -0.4 is 14.8 Å². The molecule has 0 saturated heterocycles. The van der Waals surface area contributed by atoms with Gasteiger partial charge in [-0.25, -0.2) is 0 Å². The minimum atomic E-state index is -0.0511. The van der Waals surface area contributed by atoms with Crippen LogP contribution in [0.1, 0.15) is 17.2 Å². The molecule has 0 aliphatic heterocycles. The van der Waals surface area contributed by atoms with E-state index in [1.54, 1.807) is 32.7 Å². The van der Waals surface area contributed by atoms with Crippen molar-refractivity contribution in [2.45, 2.75) is 6.04 Å². The second-order valence-corrected chi connectivity index (χ2v) is 4.70. The van der Waals surface area contributed by atoms with Crippen molar-refractivity contribution in [2.75, 3.05) is 21.3 Å². The third-order valence-electron chi connectivity index (χ3n) is 3.10. The lowest BCUT2D eigenvalue weighted by Crippen LogP contribution is -2.18. The smallest absolute Gasteiger partial charge is 0.137 e. The lowest BCUT2D eigenvalue weighted by Gasteiger charge is -2.20. The summed E-state index contributed by atoms with van der Waals surface area (Å²) < 4.78 is 10.6. The van der Waals surface area contributed by atoms with Gasteiger partial charge in [-0.2, -0.15) is 0 Å². The van der Waals surface area contributed by atoms with E-state index in [1.165, 1.54) is 0 Å². The summed E-state index contributed by atoms with van der Waals surface area (Å²) in [7, 11) is 5.14. The second kappa shape index (κ2) is 6.59. The van der Waals surface area contributed by atoms with Crippen LogP contribution in [0.3, 0.4) is 0 Å². The molecule has 2 aromatic rings. The van der Waals surface area contributed by atoms with Crippen LogP contribution in [0.15, 0.2) is 36.7 Å². The molecular weight excluding hydrogens is 276 g/mol. The first-order chi connectivity index (χ1) is 9.69. The second-order valence-electron chi connectivity index (χ2n) is 4.27. The fraction of sp³-hybridized carbons (Fsp3) is 0.267. The van der Waals surface area contributed by atoms with Gasteiger partial charge >= 0.3 is 0 Å². The lowest BCUT2D eigenvalue weighted by molar-refractivity contribution is 0.403. The molecule has 0 amide bonds. The van der Waals surface area contributed by atoms with Gasteiger partial charge in [0.05, 0.1) is 26.5 Å². The van der Waals surface area contributed by atoms with E-state index in [2.05, 4.69) is 10.3 Å². The number of aromatic nitrogens is 1. The Balaban J connectivity index is 2.46. The molecule has 1 aromatic heterocycles. The van der Waals surface area contributed by atoms with E-state index in [0.717, 1.165) is 22.6 Å². The molecule has 0 bridgehead atoms. The summed E-state index contributed by atoms with van der Waals surface area (Å²) in [5.41, 5.74) is 1.99. The van der Waals surface area contributed by atoms with Gasteiger partial charge in [-0.15, -0.1) is 0 Å². The van der Waals surface area contributed by atoms with E-state index >= 15 is 0 Å². The minimum absolute atomic E-state index is 0.0511. The van der Waals surface area contributed by atoms with Gasteiger partial charge in [0.1, 0.15) is 11.5 Å². The van der Waals surface area contributed by atoms with E-state index in [4.69, 9.17) is 21.1 Å². The number of benzene rings is 1. The van der Waals surface area contributed by atoms with Crippen LogP contribution in [-0.2, 0) is 0 Å². The van der Waals surface area contributed by atoms with Gasteiger partial charge in [-0.1, -0.05) is 17.7 Å². The Morgan fingerprint density at radius 3 is 2.60 bits per heavy atom. The van der Waals surface area contributed by atoms with Crippen molar-refractivity contribution >= 4 is 11.6 Å². The fourth-order valence-electron chi connectivity index (χ4n) is 2.13. The third kappa shape index (κ3) is 3.03. The fourth-order valence-corrected chi connectivity index (χ4v) is 2.29. The van der Waals surface area contributed by atoms with E-state index < -0.39 is 0 Å². The van der Waals surface area contributed by atoms with E-state index in [0.29, 0.717) is 5.02 Å². The predicted molar refractivity (Wildman–Crippen MR) is 79.7 cm³/mol. The van der Waals surface area contributed by atoms with Crippen molar-refractivity contribution in [3.63, 3.8) is 0 Å². The SMILES string of the molecule is CNC(c1cncc(OC)c1)c1ccc(Cl)cc1OC. The number of methoxy groups -OCH3 is 2. The summed E-state index contributed by atoms with van der Waals surface area (Å²) in [5.74, 6) is 1.45. The predicted octanol–water partition coefficient (Wildman–Crippen LogP) is 3.06. The van der Waals surface area contributed by atoms with Gasteiger partial charge in [0, 0.05) is 16.8 Å². The zero-order chi connectivity index (χ0) is 14.5. The molecule has 20 heavy (non-hydrogen) atoms. The van der Waals surface area contributed by atoms with Crippen LogP contribution in [-0.4, -0.2) is 26.3 Å². The molecule has 1 N–H and O–H groups in total. The molecule has 0 saturated carbocycles. The maximum atomic E-state index is 6.00. The molecule has 0 aliphatic rings. The van der Waals surface area contributed by atoms with Gasteiger partial charge in [-0.05, 0) is 30.8 Å². The molecule has 1 atom stereocenters. The van der Waals surface area contributed by atoms with E-state index in [-0.39, 0.29) is 6.04 Å².